The van der Waals surface area contributed by atoms with Crippen LogP contribution in [0.15, 0.2) is 54.6 Å². The number of nitrogens with one attached hydrogen (secondary N) is 1. The van der Waals surface area contributed by atoms with Crippen molar-refractivity contribution >= 4 is 0 Å². The van der Waals surface area contributed by atoms with Gasteiger partial charge >= 0.3 is 0 Å². The Morgan fingerprint density at radius 1 is 0.778 bits per heavy atom. The summed E-state index contributed by atoms with van der Waals surface area (Å²) in [6, 6.07) is 18.8. The van der Waals surface area contributed by atoms with Gasteiger partial charge in [-0.2, -0.15) is 0 Å². The van der Waals surface area contributed by atoms with Crippen molar-refractivity contribution < 1.29 is 4.74 Å². The lowest BCUT2D eigenvalue weighted by atomic mass is 10.1. The Hall–Kier alpha value is -1.64. The van der Waals surface area contributed by atoms with Crippen molar-refractivity contribution in [2.24, 2.45) is 0 Å². The van der Waals surface area contributed by atoms with Crippen LogP contribution in [0.4, 0.5) is 0 Å². The first-order chi connectivity index (χ1) is 8.88. The molecule has 0 saturated heterocycles. The summed E-state index contributed by atoms with van der Waals surface area (Å²) in [5.41, 5.74) is 3.72. The summed E-state index contributed by atoms with van der Waals surface area (Å²) in [6.07, 6.45) is 0. The molecule has 1 N–H and O–H groups in total. The first-order valence-electron chi connectivity index (χ1n) is 6.22. The average molecular weight is 241 g/mol. The Kier molecular flexibility index (Phi) is 4.94. The number of rotatable bonds is 6. The second kappa shape index (κ2) is 6.94. The molecule has 0 aliphatic rings. The van der Waals surface area contributed by atoms with Crippen molar-refractivity contribution in [3.8, 4) is 0 Å². The topological polar surface area (TPSA) is 21.3 Å². The zero-order valence-corrected chi connectivity index (χ0v) is 10.7. The van der Waals surface area contributed by atoms with Crippen LogP contribution in [0.1, 0.15) is 16.7 Å². The minimum atomic E-state index is 0.661. The number of ether oxygens (including phenoxy) is 1. The van der Waals surface area contributed by atoms with Crippen LogP contribution in [0.5, 0.6) is 0 Å². The summed E-state index contributed by atoms with van der Waals surface area (Å²) in [5, 5.41) is 3.14. The van der Waals surface area contributed by atoms with Crippen molar-refractivity contribution in [3.05, 3.63) is 71.3 Å². The van der Waals surface area contributed by atoms with E-state index < -0.39 is 0 Å². The molecule has 0 aromatic heterocycles. The highest BCUT2D eigenvalue weighted by molar-refractivity contribution is 5.22. The van der Waals surface area contributed by atoms with Gasteiger partial charge in [0.15, 0.2) is 0 Å². The Balaban J connectivity index is 1.80. The second-order valence-electron chi connectivity index (χ2n) is 4.33. The standard InChI is InChI=1S/C16H19NO/c1-17-11-14-7-9-16(10-8-14)13-18-12-15-5-3-2-4-6-15/h2-10,17H,11-13H2,1H3. The molecule has 0 aliphatic heterocycles. The highest BCUT2D eigenvalue weighted by Gasteiger charge is 1.96. The third-order valence-corrected chi connectivity index (χ3v) is 2.78. The second-order valence-corrected chi connectivity index (χ2v) is 4.33. The molecule has 0 aliphatic carbocycles. The molecule has 2 nitrogen and oxygen atoms in total. The highest BCUT2D eigenvalue weighted by Crippen LogP contribution is 2.08. The molecule has 0 bridgehead atoms. The van der Waals surface area contributed by atoms with E-state index in [1.54, 1.807) is 0 Å². The van der Waals surface area contributed by atoms with Crippen LogP contribution in [0.3, 0.4) is 0 Å². The first kappa shape index (κ1) is 12.8. The summed E-state index contributed by atoms with van der Waals surface area (Å²) in [5.74, 6) is 0. The fourth-order valence-corrected chi connectivity index (χ4v) is 1.82. The van der Waals surface area contributed by atoms with Crippen molar-refractivity contribution in [1.82, 2.24) is 5.32 Å². The van der Waals surface area contributed by atoms with E-state index in [0.29, 0.717) is 13.2 Å². The van der Waals surface area contributed by atoms with Gasteiger partial charge in [-0.1, -0.05) is 54.6 Å². The van der Waals surface area contributed by atoms with Crippen LogP contribution in [0, 0.1) is 0 Å². The van der Waals surface area contributed by atoms with E-state index in [-0.39, 0.29) is 0 Å². The summed E-state index contributed by atoms with van der Waals surface area (Å²) < 4.78 is 5.69. The Labute approximate surface area is 109 Å². The van der Waals surface area contributed by atoms with Crippen LogP contribution in [-0.2, 0) is 24.5 Å². The Morgan fingerprint density at radius 3 is 1.94 bits per heavy atom. The van der Waals surface area contributed by atoms with E-state index in [2.05, 4.69) is 41.7 Å². The van der Waals surface area contributed by atoms with E-state index in [0.717, 1.165) is 6.54 Å². The highest BCUT2D eigenvalue weighted by atomic mass is 16.5. The predicted molar refractivity (Wildman–Crippen MR) is 74.1 cm³/mol. The molecule has 2 rings (SSSR count). The van der Waals surface area contributed by atoms with E-state index in [9.17, 15) is 0 Å². The summed E-state index contributed by atoms with van der Waals surface area (Å²) in [4.78, 5) is 0. The molecule has 18 heavy (non-hydrogen) atoms. The largest absolute Gasteiger partial charge is 0.372 e. The number of benzene rings is 2. The van der Waals surface area contributed by atoms with Gasteiger partial charge in [0.25, 0.3) is 0 Å². The van der Waals surface area contributed by atoms with Crippen LogP contribution in [-0.4, -0.2) is 7.05 Å². The van der Waals surface area contributed by atoms with Gasteiger partial charge in [-0.15, -0.1) is 0 Å². The maximum Gasteiger partial charge on any atom is 0.0721 e. The van der Waals surface area contributed by atoms with Gasteiger partial charge in [-0.05, 0) is 23.7 Å². The van der Waals surface area contributed by atoms with Gasteiger partial charge in [0.2, 0.25) is 0 Å². The third-order valence-electron chi connectivity index (χ3n) is 2.78. The van der Waals surface area contributed by atoms with E-state index in [1.165, 1.54) is 16.7 Å². The summed E-state index contributed by atoms with van der Waals surface area (Å²) in [7, 11) is 1.96. The fourth-order valence-electron chi connectivity index (χ4n) is 1.82. The molecule has 0 atom stereocenters. The number of hydrogen-bond donors (Lipinski definition) is 1. The minimum absolute atomic E-state index is 0.661. The zero-order chi connectivity index (χ0) is 12.6. The van der Waals surface area contributed by atoms with Gasteiger partial charge in [0.1, 0.15) is 0 Å². The maximum atomic E-state index is 5.69. The SMILES string of the molecule is CNCc1ccc(COCc2ccccc2)cc1. The molecule has 0 spiro atoms. The molecular weight excluding hydrogens is 222 g/mol. The molecule has 94 valence electrons. The van der Waals surface area contributed by atoms with Crippen molar-refractivity contribution in [2.45, 2.75) is 19.8 Å². The molecule has 2 aromatic carbocycles. The van der Waals surface area contributed by atoms with Gasteiger partial charge in [-0.3, -0.25) is 0 Å². The lowest BCUT2D eigenvalue weighted by molar-refractivity contribution is 0.107. The van der Waals surface area contributed by atoms with E-state index in [4.69, 9.17) is 4.74 Å². The van der Waals surface area contributed by atoms with Crippen LogP contribution in [0.25, 0.3) is 0 Å². The van der Waals surface area contributed by atoms with Gasteiger partial charge in [-0.25, -0.2) is 0 Å². The third kappa shape index (κ3) is 3.99. The molecule has 0 saturated carbocycles. The van der Waals surface area contributed by atoms with Gasteiger partial charge in [0.05, 0.1) is 13.2 Å². The van der Waals surface area contributed by atoms with Crippen molar-refractivity contribution in [2.75, 3.05) is 7.05 Å². The fraction of sp³-hybridized carbons (Fsp3) is 0.250. The monoisotopic (exact) mass is 241 g/mol. The molecule has 0 amide bonds. The first-order valence-corrected chi connectivity index (χ1v) is 6.22. The van der Waals surface area contributed by atoms with Crippen LogP contribution >= 0.6 is 0 Å². The van der Waals surface area contributed by atoms with Crippen LogP contribution in [0.2, 0.25) is 0 Å². The predicted octanol–water partition coefficient (Wildman–Crippen LogP) is 3.12. The van der Waals surface area contributed by atoms with Crippen LogP contribution < -0.4 is 5.32 Å². The molecule has 0 radical (unpaired) electrons. The van der Waals surface area contributed by atoms with Crippen molar-refractivity contribution in [1.29, 1.82) is 0 Å². The lowest BCUT2D eigenvalue weighted by Crippen LogP contribution is -2.04. The van der Waals surface area contributed by atoms with E-state index >= 15 is 0 Å². The van der Waals surface area contributed by atoms with Gasteiger partial charge in [0, 0.05) is 6.54 Å². The summed E-state index contributed by atoms with van der Waals surface area (Å²) >= 11 is 0. The molecule has 2 heteroatoms. The molecular formula is C16H19NO. The Morgan fingerprint density at radius 2 is 1.33 bits per heavy atom. The Bertz CT molecular complexity index is 450. The molecule has 0 fully saturated rings. The van der Waals surface area contributed by atoms with Gasteiger partial charge < -0.3 is 10.1 Å². The summed E-state index contributed by atoms with van der Waals surface area (Å²) in [6.45, 7) is 2.24. The quantitative estimate of drug-likeness (QED) is 0.839. The normalized spacial score (nSPS) is 10.5. The van der Waals surface area contributed by atoms with E-state index in [1.807, 2.05) is 25.2 Å². The van der Waals surface area contributed by atoms with Crippen molar-refractivity contribution in [3.63, 3.8) is 0 Å². The zero-order valence-electron chi connectivity index (χ0n) is 10.7. The average Bonchev–Trinajstić information content (AvgIpc) is 2.42. The molecule has 2 aromatic rings. The maximum absolute atomic E-state index is 5.69. The smallest absolute Gasteiger partial charge is 0.0721 e. The minimum Gasteiger partial charge on any atom is -0.372 e. The molecule has 0 unspecified atom stereocenters. The lowest BCUT2D eigenvalue weighted by Gasteiger charge is -2.06. The molecule has 0 heterocycles. The number of hydrogen-bond acceptors (Lipinski definition) is 2.